The number of hydrogen-bond donors (Lipinski definition) is 1. The zero-order chi connectivity index (χ0) is 14.0. The summed E-state index contributed by atoms with van der Waals surface area (Å²) in [5.74, 6) is 0. The molecule has 1 nitrogen and oxygen atoms in total. The monoisotopic (exact) mass is 349 g/mol. The molecule has 20 heavy (non-hydrogen) atoms. The fourth-order valence-electron chi connectivity index (χ4n) is 2.64. The van der Waals surface area contributed by atoms with Crippen molar-refractivity contribution >= 4 is 0 Å². The van der Waals surface area contributed by atoms with Crippen LogP contribution in [0.3, 0.4) is 0 Å². The molecular weight excluding hydrogens is 310 g/mol. The number of quaternary nitrogens is 1. The molecule has 0 radical (unpaired) electrons. The quantitative estimate of drug-likeness (QED) is 0.411. The maximum atomic E-state index is 2.53. The van der Waals surface area contributed by atoms with Gasteiger partial charge in [0.2, 0.25) is 0 Å². The third-order valence-electron chi connectivity index (χ3n) is 4.02. The van der Waals surface area contributed by atoms with E-state index in [2.05, 4.69) is 19.2 Å². The predicted octanol–water partition coefficient (Wildman–Crippen LogP) is 2.06. The summed E-state index contributed by atoms with van der Waals surface area (Å²) in [4.78, 5) is 0. The van der Waals surface area contributed by atoms with Gasteiger partial charge in [-0.1, -0.05) is 78.1 Å². The minimum atomic E-state index is 0. The molecule has 0 spiro atoms. The fourth-order valence-corrected chi connectivity index (χ4v) is 2.64. The molecule has 124 valence electrons. The lowest BCUT2D eigenvalue weighted by Crippen LogP contribution is -3.00. The van der Waals surface area contributed by atoms with Crippen LogP contribution in [0.5, 0.6) is 0 Å². The Kier molecular flexibility index (Phi) is 24.7. The van der Waals surface area contributed by atoms with Crippen LogP contribution in [0, 0.1) is 0 Å². The van der Waals surface area contributed by atoms with Crippen LogP contribution in [-0.2, 0) is 0 Å². The molecule has 0 aliphatic heterocycles. The lowest BCUT2D eigenvalue weighted by Gasteiger charge is -2.03. The number of unbranched alkanes of at least 4 members (excludes halogenated alkanes) is 12. The number of nitrogens with two attached hydrogens (primary N) is 1. The summed E-state index contributed by atoms with van der Waals surface area (Å²) in [6.45, 7) is 7.30. The van der Waals surface area contributed by atoms with Gasteiger partial charge >= 0.3 is 0 Å². The first-order valence-electron chi connectivity index (χ1n) is 9.23. The van der Waals surface area contributed by atoms with Gasteiger partial charge in [-0.2, -0.15) is 0 Å². The fraction of sp³-hybridized carbons (Fsp3) is 1.00. The molecule has 0 aromatic heterocycles. The molecule has 0 heterocycles. The Morgan fingerprint density at radius 1 is 0.450 bits per heavy atom. The van der Waals surface area contributed by atoms with Gasteiger partial charge in [0.1, 0.15) is 0 Å². The van der Waals surface area contributed by atoms with Crippen molar-refractivity contribution in [3.8, 4) is 0 Å². The molecule has 0 fully saturated rings. The Bertz CT molecular complexity index is 134. The van der Waals surface area contributed by atoms with Gasteiger partial charge in [0.15, 0.2) is 0 Å². The van der Waals surface area contributed by atoms with Crippen molar-refractivity contribution in [3.63, 3.8) is 0 Å². The highest BCUT2D eigenvalue weighted by molar-refractivity contribution is 4.46. The van der Waals surface area contributed by atoms with E-state index in [1.54, 1.807) is 0 Å². The van der Waals surface area contributed by atoms with Gasteiger partial charge in [-0.15, -0.1) is 0 Å². The van der Waals surface area contributed by atoms with Crippen molar-refractivity contribution < 1.29 is 22.3 Å². The molecule has 0 aromatic rings. The van der Waals surface area contributed by atoms with Crippen molar-refractivity contribution in [1.82, 2.24) is 0 Å². The van der Waals surface area contributed by atoms with Crippen molar-refractivity contribution in [1.29, 1.82) is 0 Å². The Hall–Kier alpha value is 0.440. The second kappa shape index (κ2) is 21.7. The van der Waals surface area contributed by atoms with Gasteiger partial charge in [0.05, 0.1) is 13.1 Å². The van der Waals surface area contributed by atoms with E-state index >= 15 is 0 Å². The molecule has 0 saturated heterocycles. The Labute approximate surface area is 139 Å². The van der Waals surface area contributed by atoms with Crippen LogP contribution in [0.4, 0.5) is 0 Å². The van der Waals surface area contributed by atoms with E-state index in [9.17, 15) is 0 Å². The summed E-state index contributed by atoms with van der Waals surface area (Å²) in [5, 5.41) is 2.53. The van der Waals surface area contributed by atoms with Gasteiger partial charge in [0, 0.05) is 0 Å². The highest BCUT2D eigenvalue weighted by Gasteiger charge is 1.94. The van der Waals surface area contributed by atoms with Crippen LogP contribution < -0.4 is 22.3 Å². The van der Waals surface area contributed by atoms with Crippen molar-refractivity contribution in [3.05, 3.63) is 0 Å². The van der Waals surface area contributed by atoms with E-state index in [1.807, 2.05) is 0 Å². The topological polar surface area (TPSA) is 16.6 Å². The van der Waals surface area contributed by atoms with Crippen molar-refractivity contribution in [2.24, 2.45) is 0 Å². The van der Waals surface area contributed by atoms with Crippen LogP contribution in [0.15, 0.2) is 0 Å². The number of rotatable bonds is 16. The first kappa shape index (κ1) is 22.7. The summed E-state index contributed by atoms with van der Waals surface area (Å²) in [6, 6.07) is 0. The first-order valence-corrected chi connectivity index (χ1v) is 9.23. The molecule has 0 saturated carbocycles. The smallest absolute Gasteiger partial charge is 0.0755 e. The van der Waals surface area contributed by atoms with Crippen molar-refractivity contribution in [2.75, 3.05) is 13.1 Å². The number of halogens is 1. The molecule has 2 N–H and O–H groups in total. The molecule has 0 aliphatic carbocycles. The standard InChI is InChI=1S/C18H39N.BrH/c1-3-5-7-9-10-11-12-13-14-16-18-19-17-15-8-6-4-2;/h19H,3-18H2,1-2H3;1H. The average Bonchev–Trinajstić information content (AvgIpc) is 2.43. The third-order valence-corrected chi connectivity index (χ3v) is 4.02. The molecule has 0 atom stereocenters. The molecule has 0 unspecified atom stereocenters. The highest BCUT2D eigenvalue weighted by atomic mass is 79.9. The van der Waals surface area contributed by atoms with Gasteiger partial charge < -0.3 is 22.3 Å². The lowest BCUT2D eigenvalue weighted by molar-refractivity contribution is -0.655. The van der Waals surface area contributed by atoms with E-state index < -0.39 is 0 Å². The molecule has 0 rings (SSSR count). The normalized spacial score (nSPS) is 10.5. The van der Waals surface area contributed by atoms with Crippen LogP contribution in [0.2, 0.25) is 0 Å². The minimum Gasteiger partial charge on any atom is -1.00 e. The van der Waals surface area contributed by atoms with Gasteiger partial charge in [-0.05, 0) is 25.7 Å². The first-order chi connectivity index (χ1) is 9.41. The highest BCUT2D eigenvalue weighted by Crippen LogP contribution is 2.09. The molecule has 0 amide bonds. The van der Waals surface area contributed by atoms with Gasteiger partial charge in [0.25, 0.3) is 0 Å². The van der Waals surface area contributed by atoms with Crippen LogP contribution in [0.1, 0.15) is 104 Å². The SMILES string of the molecule is CCCCCCCCCCCC[NH2+]CCCCCC.[Br-]. The largest absolute Gasteiger partial charge is 1.00 e. The van der Waals surface area contributed by atoms with Crippen LogP contribution >= 0.6 is 0 Å². The molecular formula is C18H40BrN. The second-order valence-electron chi connectivity index (χ2n) is 6.11. The minimum absolute atomic E-state index is 0. The third kappa shape index (κ3) is 20.8. The van der Waals surface area contributed by atoms with Crippen molar-refractivity contribution in [2.45, 2.75) is 104 Å². The summed E-state index contributed by atoms with van der Waals surface area (Å²) in [6.07, 6.45) is 20.2. The predicted molar refractivity (Wildman–Crippen MR) is 87.6 cm³/mol. The van der Waals surface area contributed by atoms with Crippen LogP contribution in [0.25, 0.3) is 0 Å². The van der Waals surface area contributed by atoms with E-state index in [4.69, 9.17) is 0 Å². The second-order valence-corrected chi connectivity index (χ2v) is 6.11. The zero-order valence-corrected chi connectivity index (χ0v) is 15.9. The Morgan fingerprint density at radius 2 is 0.750 bits per heavy atom. The van der Waals surface area contributed by atoms with Crippen LogP contribution in [-0.4, -0.2) is 13.1 Å². The maximum absolute atomic E-state index is 2.53. The molecule has 0 aromatic carbocycles. The maximum Gasteiger partial charge on any atom is 0.0755 e. The van der Waals surface area contributed by atoms with Gasteiger partial charge in [-0.3, -0.25) is 0 Å². The summed E-state index contributed by atoms with van der Waals surface area (Å²) in [7, 11) is 0. The molecule has 2 heteroatoms. The number of hydrogen-bond acceptors (Lipinski definition) is 0. The lowest BCUT2D eigenvalue weighted by atomic mass is 10.1. The zero-order valence-electron chi connectivity index (χ0n) is 14.3. The Morgan fingerprint density at radius 3 is 1.15 bits per heavy atom. The van der Waals surface area contributed by atoms with E-state index in [1.165, 1.54) is 103 Å². The Balaban J connectivity index is 0. The summed E-state index contributed by atoms with van der Waals surface area (Å²) < 4.78 is 0. The average molecular weight is 350 g/mol. The van der Waals surface area contributed by atoms with E-state index in [0.717, 1.165) is 0 Å². The van der Waals surface area contributed by atoms with E-state index in [-0.39, 0.29) is 17.0 Å². The molecule has 0 aliphatic rings. The van der Waals surface area contributed by atoms with E-state index in [0.29, 0.717) is 0 Å². The summed E-state index contributed by atoms with van der Waals surface area (Å²) in [5.41, 5.74) is 0. The van der Waals surface area contributed by atoms with Gasteiger partial charge in [-0.25, -0.2) is 0 Å². The molecule has 0 bridgehead atoms. The summed E-state index contributed by atoms with van der Waals surface area (Å²) >= 11 is 0.